The first-order valence-corrected chi connectivity index (χ1v) is 9.29. The van der Waals surface area contributed by atoms with Gasteiger partial charge in [0.25, 0.3) is 0 Å². The number of nitrogens with zero attached hydrogens (tertiary/aromatic N) is 1. The molecule has 0 atom stereocenters. The number of halogens is 1. The maximum atomic E-state index is 11.4. The molecule has 0 amide bonds. The minimum atomic E-state index is -0.653. The fraction of sp³-hybridized carbons (Fsp3) is 0.650. The number of carbonyl (C=O) groups is 1. The third kappa shape index (κ3) is 3.52. The molecule has 0 unspecified atom stereocenters. The Kier molecular flexibility index (Phi) is 6.80. The van der Waals surface area contributed by atoms with Gasteiger partial charge in [0.1, 0.15) is 0 Å². The van der Waals surface area contributed by atoms with Crippen LogP contribution in [0.5, 0.6) is 11.5 Å². The fourth-order valence-corrected chi connectivity index (χ4v) is 4.72. The summed E-state index contributed by atoms with van der Waals surface area (Å²) in [7, 11) is 3.34. The summed E-state index contributed by atoms with van der Waals surface area (Å²) in [5, 5.41) is 9.39. The zero-order valence-electron chi connectivity index (χ0n) is 15.9. The summed E-state index contributed by atoms with van der Waals surface area (Å²) in [6.45, 7) is 4.28. The first kappa shape index (κ1) is 20.8. The Balaban J connectivity index is 0.00000243. The van der Waals surface area contributed by atoms with Crippen LogP contribution in [0.4, 0.5) is 0 Å². The molecular weight excluding hydrogens is 354 g/mol. The van der Waals surface area contributed by atoms with Crippen LogP contribution in [0.1, 0.15) is 50.2 Å². The number of carboxylic acid groups (broad SMARTS) is 1. The van der Waals surface area contributed by atoms with Gasteiger partial charge in [-0.1, -0.05) is 6.92 Å². The summed E-state index contributed by atoms with van der Waals surface area (Å²) >= 11 is 0. The molecule has 1 spiro atoms. The highest BCUT2D eigenvalue weighted by Gasteiger charge is 2.46. The molecular formula is C20H30ClNO4. The smallest absolute Gasteiger partial charge is 0.306 e. The Morgan fingerprint density at radius 2 is 1.85 bits per heavy atom. The van der Waals surface area contributed by atoms with E-state index in [9.17, 15) is 9.90 Å². The molecule has 1 aromatic carbocycles. The van der Waals surface area contributed by atoms with E-state index in [0.717, 1.165) is 63.1 Å². The Labute approximate surface area is 162 Å². The Bertz CT molecular complexity index is 641. The van der Waals surface area contributed by atoms with Crippen LogP contribution in [-0.2, 0) is 16.8 Å². The van der Waals surface area contributed by atoms with E-state index in [0.29, 0.717) is 0 Å². The monoisotopic (exact) mass is 383 g/mol. The van der Waals surface area contributed by atoms with Gasteiger partial charge in [-0.25, -0.2) is 0 Å². The standard InChI is InChI=1S/C20H29NO4.ClH/c1-4-10-21-11-7-15-12-17(24-2)18(25-3)13-16(15)20(21)8-5-14(6-9-20)19(22)23;/h12-14H,4-11H2,1-3H3,(H,22,23);1H/t14-,20-;. The van der Waals surface area contributed by atoms with E-state index in [1.54, 1.807) is 14.2 Å². The lowest BCUT2D eigenvalue weighted by Gasteiger charge is -2.51. The van der Waals surface area contributed by atoms with Crippen LogP contribution >= 0.6 is 12.4 Å². The Hall–Kier alpha value is -1.46. The zero-order valence-corrected chi connectivity index (χ0v) is 16.7. The fourth-order valence-electron chi connectivity index (χ4n) is 4.72. The summed E-state index contributed by atoms with van der Waals surface area (Å²) in [4.78, 5) is 14.0. The van der Waals surface area contributed by atoms with Gasteiger partial charge in [0, 0.05) is 12.1 Å². The molecule has 1 aliphatic heterocycles. The molecule has 6 heteroatoms. The van der Waals surface area contributed by atoms with Gasteiger partial charge in [-0.3, -0.25) is 9.69 Å². The van der Waals surface area contributed by atoms with Crippen molar-refractivity contribution in [3.05, 3.63) is 23.3 Å². The van der Waals surface area contributed by atoms with Gasteiger partial charge in [-0.05, 0) is 68.3 Å². The van der Waals surface area contributed by atoms with Gasteiger partial charge in [0.2, 0.25) is 0 Å². The number of methoxy groups -OCH3 is 2. The summed E-state index contributed by atoms with van der Waals surface area (Å²) in [5.74, 6) is 0.679. The largest absolute Gasteiger partial charge is 0.493 e. The molecule has 146 valence electrons. The highest BCUT2D eigenvalue weighted by atomic mass is 35.5. The average molecular weight is 384 g/mol. The van der Waals surface area contributed by atoms with Crippen molar-refractivity contribution < 1.29 is 19.4 Å². The lowest BCUT2D eigenvalue weighted by Crippen LogP contribution is -2.53. The summed E-state index contributed by atoms with van der Waals surface area (Å²) in [5.41, 5.74) is 2.57. The summed E-state index contributed by atoms with van der Waals surface area (Å²) < 4.78 is 11.0. The predicted octanol–water partition coefficient (Wildman–Crippen LogP) is 3.86. The molecule has 1 saturated carbocycles. The second-order valence-corrected chi connectivity index (χ2v) is 7.25. The molecule has 1 N–H and O–H groups in total. The predicted molar refractivity (Wildman–Crippen MR) is 104 cm³/mol. The molecule has 1 aromatic rings. The minimum absolute atomic E-state index is 0. The van der Waals surface area contributed by atoms with Crippen molar-refractivity contribution >= 4 is 18.4 Å². The first-order chi connectivity index (χ1) is 12.1. The van der Waals surface area contributed by atoms with Crippen molar-refractivity contribution in [2.24, 2.45) is 5.92 Å². The number of rotatable bonds is 5. The van der Waals surface area contributed by atoms with Gasteiger partial charge in [0.15, 0.2) is 11.5 Å². The lowest BCUT2D eigenvalue weighted by atomic mass is 9.68. The first-order valence-electron chi connectivity index (χ1n) is 9.29. The van der Waals surface area contributed by atoms with Gasteiger partial charge < -0.3 is 14.6 Å². The normalized spacial score (nSPS) is 25.3. The van der Waals surface area contributed by atoms with Crippen molar-refractivity contribution in [2.45, 2.75) is 51.0 Å². The highest BCUT2D eigenvalue weighted by Crippen LogP contribution is 2.50. The highest BCUT2D eigenvalue weighted by molar-refractivity contribution is 5.85. The van der Waals surface area contributed by atoms with Crippen molar-refractivity contribution in [2.75, 3.05) is 27.3 Å². The maximum Gasteiger partial charge on any atom is 0.306 e. The van der Waals surface area contributed by atoms with E-state index in [-0.39, 0.29) is 23.9 Å². The van der Waals surface area contributed by atoms with Crippen molar-refractivity contribution in [1.29, 1.82) is 0 Å². The van der Waals surface area contributed by atoms with Crippen molar-refractivity contribution in [1.82, 2.24) is 4.90 Å². The van der Waals surface area contributed by atoms with E-state index < -0.39 is 5.97 Å². The van der Waals surface area contributed by atoms with Crippen LogP contribution in [0.3, 0.4) is 0 Å². The number of hydrogen-bond donors (Lipinski definition) is 1. The van der Waals surface area contributed by atoms with E-state index in [2.05, 4.69) is 24.0 Å². The molecule has 0 radical (unpaired) electrons. The van der Waals surface area contributed by atoms with Crippen molar-refractivity contribution in [3.63, 3.8) is 0 Å². The minimum Gasteiger partial charge on any atom is -0.493 e. The van der Waals surface area contributed by atoms with Crippen LogP contribution in [0.2, 0.25) is 0 Å². The molecule has 3 rings (SSSR count). The van der Waals surface area contributed by atoms with Crippen LogP contribution in [-0.4, -0.2) is 43.3 Å². The van der Waals surface area contributed by atoms with Gasteiger partial charge in [-0.15, -0.1) is 12.4 Å². The van der Waals surface area contributed by atoms with Crippen LogP contribution in [0.15, 0.2) is 12.1 Å². The summed E-state index contributed by atoms with van der Waals surface area (Å²) in [6.07, 6.45) is 5.37. The number of fused-ring (bicyclic) bond motifs is 2. The maximum absolute atomic E-state index is 11.4. The third-order valence-corrected chi connectivity index (χ3v) is 6.02. The van der Waals surface area contributed by atoms with Crippen LogP contribution in [0.25, 0.3) is 0 Å². The van der Waals surface area contributed by atoms with Crippen LogP contribution < -0.4 is 9.47 Å². The molecule has 0 saturated heterocycles. The number of aliphatic carboxylic acids is 1. The van der Waals surface area contributed by atoms with Crippen molar-refractivity contribution in [3.8, 4) is 11.5 Å². The number of hydrogen-bond acceptors (Lipinski definition) is 4. The third-order valence-electron chi connectivity index (χ3n) is 6.02. The van der Waals surface area contributed by atoms with E-state index >= 15 is 0 Å². The van der Waals surface area contributed by atoms with Crippen LogP contribution in [0, 0.1) is 5.92 Å². The van der Waals surface area contributed by atoms with Gasteiger partial charge in [0.05, 0.1) is 20.1 Å². The molecule has 1 aliphatic carbocycles. The van der Waals surface area contributed by atoms with E-state index in [1.807, 2.05) is 0 Å². The Morgan fingerprint density at radius 1 is 1.23 bits per heavy atom. The quantitative estimate of drug-likeness (QED) is 0.836. The van der Waals surface area contributed by atoms with E-state index in [1.165, 1.54) is 11.1 Å². The second-order valence-electron chi connectivity index (χ2n) is 7.25. The Morgan fingerprint density at radius 3 is 2.38 bits per heavy atom. The second kappa shape index (κ2) is 8.49. The molecule has 0 bridgehead atoms. The molecule has 2 aliphatic rings. The summed E-state index contributed by atoms with van der Waals surface area (Å²) in [6, 6.07) is 4.25. The zero-order chi connectivity index (χ0) is 18.0. The molecule has 1 fully saturated rings. The van der Waals surface area contributed by atoms with E-state index in [4.69, 9.17) is 9.47 Å². The lowest BCUT2D eigenvalue weighted by molar-refractivity contribution is -0.144. The SMILES string of the molecule is CCCN1CCc2cc(OC)c(OC)cc2[C@]12CC[C@@H](C(=O)O)CC2.Cl. The number of benzene rings is 1. The average Bonchev–Trinajstić information content (AvgIpc) is 2.63. The molecule has 0 aromatic heterocycles. The molecule has 1 heterocycles. The number of carboxylic acids is 1. The van der Waals surface area contributed by atoms with Gasteiger partial charge >= 0.3 is 5.97 Å². The number of ether oxygens (including phenoxy) is 2. The van der Waals surface area contributed by atoms with Gasteiger partial charge in [-0.2, -0.15) is 0 Å². The molecule has 5 nitrogen and oxygen atoms in total. The topological polar surface area (TPSA) is 59.0 Å². The molecule has 26 heavy (non-hydrogen) atoms.